The van der Waals surface area contributed by atoms with E-state index in [4.69, 9.17) is 24.7 Å². The Labute approximate surface area is 174 Å². The molecule has 0 unspecified atom stereocenters. The second-order valence-electron chi connectivity index (χ2n) is 6.27. The molecule has 9 heteroatoms. The van der Waals surface area contributed by atoms with Gasteiger partial charge in [0.1, 0.15) is 0 Å². The van der Waals surface area contributed by atoms with E-state index in [-0.39, 0.29) is 6.42 Å². The number of amides is 2. The van der Waals surface area contributed by atoms with Gasteiger partial charge in [-0.15, -0.1) is 0 Å². The zero-order valence-corrected chi connectivity index (χ0v) is 17.2. The fourth-order valence-electron chi connectivity index (χ4n) is 2.66. The Morgan fingerprint density at radius 2 is 1.53 bits per heavy atom. The number of primary amides is 1. The minimum atomic E-state index is -1.03. The summed E-state index contributed by atoms with van der Waals surface area (Å²) < 4.78 is 21.0. The third-order valence-corrected chi connectivity index (χ3v) is 4.19. The van der Waals surface area contributed by atoms with Crippen molar-refractivity contribution >= 4 is 23.5 Å². The quantitative estimate of drug-likeness (QED) is 0.598. The lowest BCUT2D eigenvalue weighted by Gasteiger charge is -2.16. The monoisotopic (exact) mass is 416 g/mol. The molecule has 2 aromatic rings. The number of nitrogens with one attached hydrogen (secondary N) is 1. The molecule has 0 aromatic heterocycles. The number of ether oxygens (including phenoxy) is 4. The Hall–Kier alpha value is -3.75. The lowest BCUT2D eigenvalue weighted by atomic mass is 10.1. The minimum Gasteiger partial charge on any atom is -0.493 e. The standard InChI is InChI=1S/C21H24N2O7/c1-12(21(26)23-15-7-5-14(6-8-15)20(22)25)30-18(24)11-13-9-16(27-2)19(29-4)17(10-13)28-3/h5-10,12H,11H2,1-4H3,(H2,22,25)(H,23,26)/t12-/m1/s1. The molecular formula is C21H24N2O7. The van der Waals surface area contributed by atoms with E-state index < -0.39 is 23.9 Å². The van der Waals surface area contributed by atoms with Crippen molar-refractivity contribution in [1.29, 1.82) is 0 Å². The molecule has 0 aliphatic rings. The average molecular weight is 416 g/mol. The molecule has 0 radical (unpaired) electrons. The molecule has 160 valence electrons. The van der Waals surface area contributed by atoms with Crippen LogP contribution in [0.5, 0.6) is 17.2 Å². The van der Waals surface area contributed by atoms with Gasteiger partial charge in [-0.2, -0.15) is 0 Å². The third-order valence-electron chi connectivity index (χ3n) is 4.19. The van der Waals surface area contributed by atoms with Crippen LogP contribution in [0, 0.1) is 0 Å². The number of methoxy groups -OCH3 is 3. The summed E-state index contributed by atoms with van der Waals surface area (Å²) in [4.78, 5) is 35.6. The average Bonchev–Trinajstić information content (AvgIpc) is 2.73. The van der Waals surface area contributed by atoms with Crippen LogP contribution in [-0.4, -0.2) is 45.2 Å². The fourth-order valence-corrected chi connectivity index (χ4v) is 2.66. The smallest absolute Gasteiger partial charge is 0.311 e. The van der Waals surface area contributed by atoms with Crippen LogP contribution in [0.4, 0.5) is 5.69 Å². The first-order chi connectivity index (χ1) is 14.3. The van der Waals surface area contributed by atoms with Gasteiger partial charge in [0, 0.05) is 11.3 Å². The zero-order chi connectivity index (χ0) is 22.3. The number of hydrogen-bond acceptors (Lipinski definition) is 7. The first-order valence-electron chi connectivity index (χ1n) is 8.98. The van der Waals surface area contributed by atoms with E-state index in [1.54, 1.807) is 12.1 Å². The number of esters is 1. The Balaban J connectivity index is 2.00. The Morgan fingerprint density at radius 3 is 2.00 bits per heavy atom. The Morgan fingerprint density at radius 1 is 0.967 bits per heavy atom. The summed E-state index contributed by atoms with van der Waals surface area (Å²) in [7, 11) is 4.43. The second kappa shape index (κ2) is 10.1. The summed E-state index contributed by atoms with van der Waals surface area (Å²) in [6.45, 7) is 1.46. The molecule has 0 spiro atoms. The summed E-state index contributed by atoms with van der Waals surface area (Å²) in [5.74, 6) is -0.458. The molecule has 0 heterocycles. The number of nitrogens with two attached hydrogens (primary N) is 1. The number of benzene rings is 2. The van der Waals surface area contributed by atoms with Crippen LogP contribution in [0.25, 0.3) is 0 Å². The molecule has 2 amide bonds. The molecule has 0 saturated carbocycles. The molecule has 2 aromatic carbocycles. The van der Waals surface area contributed by atoms with Gasteiger partial charge in [-0.05, 0) is 48.9 Å². The summed E-state index contributed by atoms with van der Waals surface area (Å²) in [5.41, 5.74) is 6.51. The molecule has 0 aliphatic carbocycles. The Kier molecular flexibility index (Phi) is 7.62. The SMILES string of the molecule is COc1cc(CC(=O)O[C@H](C)C(=O)Nc2ccc(C(N)=O)cc2)cc(OC)c1OC. The van der Waals surface area contributed by atoms with Crippen LogP contribution < -0.4 is 25.3 Å². The maximum atomic E-state index is 12.3. The molecule has 0 saturated heterocycles. The maximum absolute atomic E-state index is 12.3. The van der Waals surface area contributed by atoms with E-state index in [1.807, 2.05) is 0 Å². The highest BCUT2D eigenvalue weighted by molar-refractivity contribution is 5.96. The first kappa shape index (κ1) is 22.5. The number of anilines is 1. The maximum Gasteiger partial charge on any atom is 0.311 e. The molecular weight excluding hydrogens is 392 g/mol. The highest BCUT2D eigenvalue weighted by Gasteiger charge is 2.20. The van der Waals surface area contributed by atoms with Gasteiger partial charge in [0.05, 0.1) is 27.8 Å². The molecule has 9 nitrogen and oxygen atoms in total. The lowest BCUT2D eigenvalue weighted by Crippen LogP contribution is -2.30. The summed E-state index contributed by atoms with van der Waals surface area (Å²) in [6.07, 6.45) is -1.13. The van der Waals surface area contributed by atoms with Crippen LogP contribution in [-0.2, 0) is 20.7 Å². The van der Waals surface area contributed by atoms with Gasteiger partial charge in [0.25, 0.3) is 5.91 Å². The lowest BCUT2D eigenvalue weighted by molar-refractivity contribution is -0.152. The summed E-state index contributed by atoms with van der Waals surface area (Å²) in [5, 5.41) is 2.60. The van der Waals surface area contributed by atoms with Gasteiger partial charge in [-0.1, -0.05) is 0 Å². The summed E-state index contributed by atoms with van der Waals surface area (Å²) in [6, 6.07) is 9.30. The van der Waals surface area contributed by atoms with E-state index in [1.165, 1.54) is 52.5 Å². The molecule has 0 bridgehead atoms. The van der Waals surface area contributed by atoms with Gasteiger partial charge in [-0.25, -0.2) is 0 Å². The molecule has 2 rings (SSSR count). The Bertz CT molecular complexity index is 900. The minimum absolute atomic E-state index is 0.0956. The van der Waals surface area contributed by atoms with Crippen LogP contribution in [0.15, 0.2) is 36.4 Å². The number of carbonyl (C=O) groups excluding carboxylic acids is 3. The van der Waals surface area contributed by atoms with Crippen molar-refractivity contribution in [1.82, 2.24) is 0 Å². The van der Waals surface area contributed by atoms with E-state index in [2.05, 4.69) is 5.32 Å². The number of hydrogen-bond donors (Lipinski definition) is 2. The summed E-state index contributed by atoms with van der Waals surface area (Å²) >= 11 is 0. The topological polar surface area (TPSA) is 126 Å². The van der Waals surface area contributed by atoms with Crippen molar-refractivity contribution in [3.05, 3.63) is 47.5 Å². The number of rotatable bonds is 9. The zero-order valence-electron chi connectivity index (χ0n) is 17.2. The predicted molar refractivity (Wildman–Crippen MR) is 109 cm³/mol. The van der Waals surface area contributed by atoms with E-state index in [0.29, 0.717) is 34.1 Å². The van der Waals surface area contributed by atoms with Crippen molar-refractivity contribution in [3.63, 3.8) is 0 Å². The molecule has 1 atom stereocenters. The van der Waals surface area contributed by atoms with Crippen molar-refractivity contribution in [2.75, 3.05) is 26.6 Å². The van der Waals surface area contributed by atoms with Crippen molar-refractivity contribution in [2.45, 2.75) is 19.4 Å². The highest BCUT2D eigenvalue weighted by atomic mass is 16.5. The van der Waals surface area contributed by atoms with E-state index in [0.717, 1.165) is 0 Å². The van der Waals surface area contributed by atoms with Gasteiger partial charge >= 0.3 is 5.97 Å². The third kappa shape index (κ3) is 5.63. The molecule has 0 aliphatic heterocycles. The molecule has 0 fully saturated rings. The normalized spacial score (nSPS) is 11.2. The van der Waals surface area contributed by atoms with Crippen molar-refractivity contribution in [3.8, 4) is 17.2 Å². The van der Waals surface area contributed by atoms with E-state index >= 15 is 0 Å². The van der Waals surface area contributed by atoms with Gasteiger partial charge in [0.15, 0.2) is 17.6 Å². The molecule has 30 heavy (non-hydrogen) atoms. The second-order valence-corrected chi connectivity index (χ2v) is 6.27. The van der Waals surface area contributed by atoms with Crippen LogP contribution in [0.3, 0.4) is 0 Å². The predicted octanol–water partition coefficient (Wildman–Crippen LogP) is 1.92. The van der Waals surface area contributed by atoms with E-state index in [9.17, 15) is 14.4 Å². The van der Waals surface area contributed by atoms with Crippen molar-refractivity contribution in [2.24, 2.45) is 5.73 Å². The van der Waals surface area contributed by atoms with Crippen molar-refractivity contribution < 1.29 is 33.3 Å². The van der Waals surface area contributed by atoms with Crippen LogP contribution in [0.2, 0.25) is 0 Å². The van der Waals surface area contributed by atoms with Gasteiger partial charge in [-0.3, -0.25) is 14.4 Å². The van der Waals surface area contributed by atoms with Crippen LogP contribution in [0.1, 0.15) is 22.8 Å². The molecule has 3 N–H and O–H groups in total. The largest absolute Gasteiger partial charge is 0.493 e. The fraction of sp³-hybridized carbons (Fsp3) is 0.286. The van der Waals surface area contributed by atoms with Gasteiger partial charge < -0.3 is 30.0 Å². The van der Waals surface area contributed by atoms with Gasteiger partial charge in [0.2, 0.25) is 11.7 Å². The van der Waals surface area contributed by atoms with Crippen LogP contribution >= 0.6 is 0 Å². The first-order valence-corrected chi connectivity index (χ1v) is 8.98. The number of carbonyl (C=O) groups is 3. The highest BCUT2D eigenvalue weighted by Crippen LogP contribution is 2.38.